The zero-order valence-corrected chi connectivity index (χ0v) is 16.0. The van der Waals surface area contributed by atoms with Gasteiger partial charge in [0.05, 0.1) is 0 Å². The molecule has 1 rings (SSSR count). The van der Waals surface area contributed by atoms with Crippen molar-refractivity contribution in [1.29, 1.82) is 0 Å². The molecule has 0 spiro atoms. The summed E-state index contributed by atoms with van der Waals surface area (Å²) in [7, 11) is -2.03. The fourth-order valence-corrected chi connectivity index (χ4v) is 3.10. The molecule has 0 aromatic carbocycles. The Bertz CT molecular complexity index is 449. The van der Waals surface area contributed by atoms with Gasteiger partial charge in [-0.3, -0.25) is 0 Å². The first-order chi connectivity index (χ1) is 9.71. The van der Waals surface area contributed by atoms with E-state index in [1.165, 1.54) is 6.21 Å². The minimum atomic E-state index is -2.03. The molecule has 1 heterocycles. The van der Waals surface area contributed by atoms with E-state index in [0.717, 1.165) is 4.74 Å². The smallest absolute Gasteiger partial charge is 0.408 e. The molecule has 0 bridgehead atoms. The van der Waals surface area contributed by atoms with E-state index < -0.39 is 26.1 Å². The van der Waals surface area contributed by atoms with Gasteiger partial charge in [-0.25, -0.2) is 9.53 Å². The summed E-state index contributed by atoms with van der Waals surface area (Å²) in [4.78, 5) is 11.9. The van der Waals surface area contributed by atoms with Gasteiger partial charge in [-0.2, -0.15) is 0 Å². The molecule has 1 aliphatic heterocycles. The number of nitrogens with zero attached hydrogens (tertiary/aromatic N) is 1. The predicted octanol–water partition coefficient (Wildman–Crippen LogP) is 2.86. The molecule has 1 aliphatic rings. The van der Waals surface area contributed by atoms with Crippen LogP contribution in [0.25, 0.3) is 0 Å². The molecule has 0 radical (unpaired) electrons. The summed E-state index contributed by atoms with van der Waals surface area (Å²) >= 11 is 0. The maximum absolute atomic E-state index is 11.9. The van der Waals surface area contributed by atoms with Crippen LogP contribution < -0.4 is 5.32 Å². The highest BCUT2D eigenvalue weighted by Gasteiger charge is 2.44. The second-order valence-corrected chi connectivity index (χ2v) is 13.1. The fraction of sp³-hybridized carbons (Fsp3) is 0.867. The minimum Gasteiger partial charge on any atom is -0.624 e. The molecule has 0 saturated heterocycles. The second-order valence-electron chi connectivity index (χ2n) is 8.34. The number of ether oxygens (including phenoxy) is 1. The van der Waals surface area contributed by atoms with E-state index in [0.29, 0.717) is 0 Å². The largest absolute Gasteiger partial charge is 0.624 e. The average Bonchev–Trinajstić information content (AvgIpc) is 2.52. The van der Waals surface area contributed by atoms with Crippen molar-refractivity contribution in [2.75, 3.05) is 6.54 Å². The summed E-state index contributed by atoms with van der Waals surface area (Å²) in [5, 5.41) is 14.5. The molecule has 0 fully saturated rings. The molecule has 128 valence electrons. The SMILES string of the molecule is CC(C)(C)OC(=O)N[C@@H]1C[N+]([O-])=C[C@@H]1O[Si](C)(C)C(C)(C)C. The molecule has 0 aliphatic carbocycles. The number of rotatable bonds is 3. The van der Waals surface area contributed by atoms with E-state index in [9.17, 15) is 10.0 Å². The van der Waals surface area contributed by atoms with E-state index in [4.69, 9.17) is 9.16 Å². The van der Waals surface area contributed by atoms with Crippen molar-refractivity contribution >= 4 is 20.6 Å². The molecule has 7 heteroatoms. The first kappa shape index (κ1) is 19.0. The van der Waals surface area contributed by atoms with Gasteiger partial charge in [0.2, 0.25) is 0 Å². The van der Waals surface area contributed by atoms with Crippen molar-refractivity contribution in [3.05, 3.63) is 5.21 Å². The third-order valence-corrected chi connectivity index (χ3v) is 8.50. The zero-order chi connectivity index (χ0) is 17.3. The van der Waals surface area contributed by atoms with E-state index >= 15 is 0 Å². The number of carbonyl (C=O) groups is 1. The van der Waals surface area contributed by atoms with Gasteiger partial charge in [0.15, 0.2) is 27.2 Å². The van der Waals surface area contributed by atoms with Crippen LogP contribution >= 0.6 is 0 Å². The Labute approximate surface area is 134 Å². The molecule has 0 saturated carbocycles. The van der Waals surface area contributed by atoms with Crippen LogP contribution in [0.3, 0.4) is 0 Å². The van der Waals surface area contributed by atoms with Crippen LogP contribution in [0.5, 0.6) is 0 Å². The number of hydrogen-bond acceptors (Lipinski definition) is 4. The fourth-order valence-electron chi connectivity index (χ4n) is 1.84. The van der Waals surface area contributed by atoms with Crippen LogP contribution in [0.1, 0.15) is 41.5 Å². The van der Waals surface area contributed by atoms with Crippen molar-refractivity contribution in [2.45, 2.75) is 77.4 Å². The lowest BCUT2D eigenvalue weighted by Crippen LogP contribution is -2.52. The Balaban J connectivity index is 2.75. The highest BCUT2D eigenvalue weighted by Crippen LogP contribution is 2.37. The Hall–Kier alpha value is -1.08. The van der Waals surface area contributed by atoms with Gasteiger partial charge >= 0.3 is 6.09 Å². The molecule has 1 N–H and O–H groups in total. The Kier molecular flexibility index (Phi) is 5.34. The Morgan fingerprint density at radius 3 is 2.27 bits per heavy atom. The Morgan fingerprint density at radius 1 is 1.27 bits per heavy atom. The quantitative estimate of drug-likeness (QED) is 0.490. The molecule has 1 amide bonds. The van der Waals surface area contributed by atoms with Crippen molar-refractivity contribution in [2.24, 2.45) is 0 Å². The van der Waals surface area contributed by atoms with Crippen LogP contribution in [-0.2, 0) is 9.16 Å². The maximum Gasteiger partial charge on any atom is 0.408 e. The van der Waals surface area contributed by atoms with Crippen molar-refractivity contribution in [3.8, 4) is 0 Å². The summed E-state index contributed by atoms with van der Waals surface area (Å²) in [5.74, 6) is 0. The topological polar surface area (TPSA) is 73.6 Å². The van der Waals surface area contributed by atoms with Crippen LogP contribution in [0.2, 0.25) is 18.1 Å². The normalized spacial score (nSPS) is 23.2. The second kappa shape index (κ2) is 6.20. The Morgan fingerprint density at radius 2 is 1.82 bits per heavy atom. The van der Waals surface area contributed by atoms with Crippen LogP contribution in [0.15, 0.2) is 0 Å². The van der Waals surface area contributed by atoms with E-state index in [-0.39, 0.29) is 17.6 Å². The molecule has 2 atom stereocenters. The summed E-state index contributed by atoms with van der Waals surface area (Å²) < 4.78 is 12.3. The van der Waals surface area contributed by atoms with Crippen LogP contribution in [0, 0.1) is 5.21 Å². The van der Waals surface area contributed by atoms with Crippen molar-refractivity contribution in [1.82, 2.24) is 5.32 Å². The van der Waals surface area contributed by atoms with Crippen molar-refractivity contribution in [3.63, 3.8) is 0 Å². The van der Waals surface area contributed by atoms with Gasteiger partial charge in [-0.05, 0) is 38.9 Å². The number of alkyl carbamates (subject to hydrolysis) is 1. The van der Waals surface area contributed by atoms with Gasteiger partial charge in [0, 0.05) is 0 Å². The first-order valence-corrected chi connectivity index (χ1v) is 10.6. The van der Waals surface area contributed by atoms with E-state index in [1.807, 2.05) is 0 Å². The molecule has 6 nitrogen and oxygen atoms in total. The maximum atomic E-state index is 11.9. The number of hydrogen-bond donors (Lipinski definition) is 1. The lowest BCUT2D eigenvalue weighted by molar-refractivity contribution is -0.446. The van der Waals surface area contributed by atoms with Gasteiger partial charge in [-0.1, -0.05) is 20.8 Å². The van der Waals surface area contributed by atoms with E-state index in [2.05, 4.69) is 39.2 Å². The molecular formula is C15H30N2O4Si. The summed E-state index contributed by atoms with van der Waals surface area (Å²) in [6.45, 7) is 16.2. The third-order valence-electron chi connectivity index (χ3n) is 4.03. The first-order valence-electron chi connectivity index (χ1n) is 7.67. The van der Waals surface area contributed by atoms with Crippen LogP contribution in [-0.4, -0.2) is 49.7 Å². The summed E-state index contributed by atoms with van der Waals surface area (Å²) in [5.41, 5.74) is -0.570. The number of amides is 1. The van der Waals surface area contributed by atoms with Gasteiger partial charge < -0.3 is 19.7 Å². The van der Waals surface area contributed by atoms with E-state index in [1.54, 1.807) is 20.8 Å². The molecule has 0 unspecified atom stereocenters. The minimum absolute atomic E-state index is 0.0353. The van der Waals surface area contributed by atoms with Gasteiger partial charge in [0.1, 0.15) is 11.6 Å². The highest BCUT2D eigenvalue weighted by atomic mass is 28.4. The number of hydroxylamine groups is 1. The lowest BCUT2D eigenvalue weighted by Gasteiger charge is -2.38. The number of carbonyl (C=O) groups excluding carboxylic acids is 1. The molecule has 22 heavy (non-hydrogen) atoms. The lowest BCUT2D eigenvalue weighted by atomic mass is 10.2. The standard InChI is InChI=1S/C15H30N2O4Si/c1-14(2,3)20-13(18)16-11-9-17(19)10-12(11)21-22(7,8)15(4,5)6/h10-12H,9H2,1-8H3,(H,16,18)/t11-,12+/m1/s1. The summed E-state index contributed by atoms with van der Waals surface area (Å²) in [6, 6.07) is -0.388. The van der Waals surface area contributed by atoms with Gasteiger partial charge in [0.25, 0.3) is 0 Å². The highest BCUT2D eigenvalue weighted by molar-refractivity contribution is 6.74. The van der Waals surface area contributed by atoms with Gasteiger partial charge in [-0.15, -0.1) is 0 Å². The third kappa shape index (κ3) is 5.28. The van der Waals surface area contributed by atoms with Crippen LogP contribution in [0.4, 0.5) is 4.79 Å². The average molecular weight is 331 g/mol. The molecule has 0 aromatic heterocycles. The monoisotopic (exact) mass is 330 g/mol. The van der Waals surface area contributed by atoms with Crippen molar-refractivity contribution < 1.29 is 18.7 Å². The summed E-state index contributed by atoms with van der Waals surface area (Å²) in [6.07, 6.45) is 0.568. The molecular weight excluding hydrogens is 300 g/mol. The predicted molar refractivity (Wildman–Crippen MR) is 89.8 cm³/mol. The molecule has 0 aromatic rings. The number of nitrogens with one attached hydrogen (secondary N) is 1. The zero-order valence-electron chi connectivity index (χ0n) is 15.0.